The minimum absolute atomic E-state index is 0.0385. The lowest BCUT2D eigenvalue weighted by Crippen LogP contribution is -2.10. The molecular formula is C16H17ClFNO. The van der Waals surface area contributed by atoms with Gasteiger partial charge in [0, 0.05) is 5.02 Å². The fraction of sp³-hybridized carbons (Fsp3) is 0.250. The Kier molecular flexibility index (Phi) is 4.85. The second-order valence-corrected chi connectivity index (χ2v) is 4.94. The van der Waals surface area contributed by atoms with Crippen molar-refractivity contribution in [1.82, 2.24) is 0 Å². The van der Waals surface area contributed by atoms with Gasteiger partial charge in [-0.1, -0.05) is 30.7 Å². The van der Waals surface area contributed by atoms with E-state index in [1.807, 2.05) is 24.3 Å². The molecule has 0 aromatic heterocycles. The Morgan fingerprint density at radius 3 is 2.45 bits per heavy atom. The van der Waals surface area contributed by atoms with Crippen LogP contribution in [0.15, 0.2) is 42.5 Å². The van der Waals surface area contributed by atoms with E-state index in [9.17, 15) is 4.39 Å². The van der Waals surface area contributed by atoms with E-state index in [1.165, 1.54) is 6.07 Å². The molecule has 0 radical (unpaired) electrons. The molecule has 0 heterocycles. The summed E-state index contributed by atoms with van der Waals surface area (Å²) in [4.78, 5) is 0. The molecule has 0 aliphatic carbocycles. The second-order valence-electron chi connectivity index (χ2n) is 4.50. The average molecular weight is 294 g/mol. The fourth-order valence-corrected chi connectivity index (χ4v) is 2.21. The monoisotopic (exact) mass is 293 g/mol. The summed E-state index contributed by atoms with van der Waals surface area (Å²) in [5.74, 6) is 0.464. The summed E-state index contributed by atoms with van der Waals surface area (Å²) in [5, 5.41) is 3.60. The van der Waals surface area contributed by atoms with Crippen LogP contribution in [0.25, 0.3) is 0 Å². The highest BCUT2D eigenvalue weighted by atomic mass is 35.5. The molecular weight excluding hydrogens is 277 g/mol. The van der Waals surface area contributed by atoms with Gasteiger partial charge in [-0.15, -0.1) is 0 Å². The van der Waals surface area contributed by atoms with Gasteiger partial charge >= 0.3 is 0 Å². The van der Waals surface area contributed by atoms with Gasteiger partial charge in [-0.2, -0.15) is 0 Å². The molecule has 2 nitrogen and oxygen atoms in total. The first-order valence-electron chi connectivity index (χ1n) is 6.49. The minimum Gasteiger partial charge on any atom is -0.497 e. The molecule has 4 heteroatoms. The summed E-state index contributed by atoms with van der Waals surface area (Å²) in [6.07, 6.45) is 0.842. The van der Waals surface area contributed by atoms with Crippen molar-refractivity contribution in [3.63, 3.8) is 0 Å². The molecule has 0 fully saturated rings. The van der Waals surface area contributed by atoms with E-state index in [1.54, 1.807) is 19.2 Å². The van der Waals surface area contributed by atoms with Gasteiger partial charge in [0.15, 0.2) is 0 Å². The fourth-order valence-electron chi connectivity index (χ4n) is 2.05. The number of halogens is 2. The van der Waals surface area contributed by atoms with Crippen molar-refractivity contribution in [3.05, 3.63) is 58.9 Å². The maximum absolute atomic E-state index is 13.8. The molecule has 0 amide bonds. The van der Waals surface area contributed by atoms with Gasteiger partial charge in [0.25, 0.3) is 0 Å². The van der Waals surface area contributed by atoms with Crippen LogP contribution in [0.5, 0.6) is 5.75 Å². The van der Waals surface area contributed by atoms with E-state index in [4.69, 9.17) is 16.3 Å². The molecule has 0 spiro atoms. The van der Waals surface area contributed by atoms with Crippen molar-refractivity contribution >= 4 is 17.3 Å². The van der Waals surface area contributed by atoms with Crippen molar-refractivity contribution in [2.24, 2.45) is 0 Å². The zero-order valence-corrected chi connectivity index (χ0v) is 12.2. The lowest BCUT2D eigenvalue weighted by atomic mass is 10.0. The van der Waals surface area contributed by atoms with Crippen molar-refractivity contribution in [1.29, 1.82) is 0 Å². The van der Waals surface area contributed by atoms with E-state index >= 15 is 0 Å². The number of ether oxygens (including phenoxy) is 1. The molecule has 0 aliphatic rings. The Morgan fingerprint density at radius 1 is 1.20 bits per heavy atom. The lowest BCUT2D eigenvalue weighted by molar-refractivity contribution is 0.414. The van der Waals surface area contributed by atoms with Crippen LogP contribution >= 0.6 is 11.6 Å². The third kappa shape index (κ3) is 3.42. The van der Waals surface area contributed by atoms with Crippen molar-refractivity contribution in [2.75, 3.05) is 12.4 Å². The van der Waals surface area contributed by atoms with Crippen LogP contribution in [0.4, 0.5) is 10.1 Å². The molecule has 0 aliphatic heterocycles. The SMILES string of the molecule is CCC(Nc1ccc(Cl)cc1F)c1ccc(OC)cc1. The number of methoxy groups -OCH3 is 1. The molecule has 2 aromatic carbocycles. The number of anilines is 1. The summed E-state index contributed by atoms with van der Waals surface area (Å²) in [6.45, 7) is 2.05. The van der Waals surface area contributed by atoms with Crippen molar-refractivity contribution < 1.29 is 9.13 Å². The van der Waals surface area contributed by atoms with Crippen LogP contribution in [-0.4, -0.2) is 7.11 Å². The topological polar surface area (TPSA) is 21.3 Å². The Hall–Kier alpha value is -1.74. The summed E-state index contributed by atoms with van der Waals surface area (Å²) >= 11 is 5.76. The normalized spacial score (nSPS) is 12.0. The Labute approximate surface area is 123 Å². The summed E-state index contributed by atoms with van der Waals surface area (Å²) < 4.78 is 19.0. The Bertz CT molecular complexity index is 571. The average Bonchev–Trinajstić information content (AvgIpc) is 2.47. The van der Waals surface area contributed by atoms with Gasteiger partial charge < -0.3 is 10.1 Å². The molecule has 0 bridgehead atoms. The van der Waals surface area contributed by atoms with Crippen LogP contribution in [0.1, 0.15) is 24.9 Å². The number of rotatable bonds is 5. The highest BCUT2D eigenvalue weighted by molar-refractivity contribution is 6.30. The number of benzene rings is 2. The predicted octanol–water partition coefficient (Wildman–Crippen LogP) is 5.05. The number of hydrogen-bond donors (Lipinski definition) is 1. The smallest absolute Gasteiger partial charge is 0.147 e. The van der Waals surface area contributed by atoms with Crippen molar-refractivity contribution in [2.45, 2.75) is 19.4 Å². The lowest BCUT2D eigenvalue weighted by Gasteiger charge is -2.19. The van der Waals surface area contributed by atoms with E-state index < -0.39 is 0 Å². The Balaban J connectivity index is 2.19. The molecule has 1 N–H and O–H groups in total. The predicted molar refractivity (Wildman–Crippen MR) is 81.1 cm³/mol. The number of nitrogens with one attached hydrogen (secondary N) is 1. The molecule has 1 unspecified atom stereocenters. The quantitative estimate of drug-likeness (QED) is 0.833. The molecule has 106 valence electrons. The second kappa shape index (κ2) is 6.62. The zero-order valence-electron chi connectivity index (χ0n) is 11.5. The van der Waals surface area contributed by atoms with Gasteiger partial charge in [-0.3, -0.25) is 0 Å². The zero-order chi connectivity index (χ0) is 14.5. The summed E-state index contributed by atoms with van der Waals surface area (Å²) in [6, 6.07) is 12.4. The third-order valence-electron chi connectivity index (χ3n) is 3.19. The van der Waals surface area contributed by atoms with Crippen LogP contribution < -0.4 is 10.1 Å². The first-order valence-corrected chi connectivity index (χ1v) is 6.87. The molecule has 0 saturated carbocycles. The highest BCUT2D eigenvalue weighted by Crippen LogP contribution is 2.27. The molecule has 2 aromatic rings. The third-order valence-corrected chi connectivity index (χ3v) is 3.42. The molecule has 0 saturated heterocycles. The minimum atomic E-state index is -0.343. The molecule has 2 rings (SSSR count). The number of hydrogen-bond acceptors (Lipinski definition) is 2. The Morgan fingerprint density at radius 2 is 1.90 bits per heavy atom. The van der Waals surface area contributed by atoms with Crippen molar-refractivity contribution in [3.8, 4) is 5.75 Å². The van der Waals surface area contributed by atoms with Gasteiger partial charge in [-0.05, 0) is 42.3 Å². The first-order chi connectivity index (χ1) is 9.63. The van der Waals surface area contributed by atoms with Crippen LogP contribution in [0.2, 0.25) is 5.02 Å². The largest absolute Gasteiger partial charge is 0.497 e. The highest BCUT2D eigenvalue weighted by Gasteiger charge is 2.12. The maximum atomic E-state index is 13.8. The molecule has 20 heavy (non-hydrogen) atoms. The maximum Gasteiger partial charge on any atom is 0.147 e. The van der Waals surface area contributed by atoms with E-state index in [-0.39, 0.29) is 11.9 Å². The summed E-state index contributed by atoms with van der Waals surface area (Å²) in [5.41, 5.74) is 1.54. The molecule has 1 atom stereocenters. The van der Waals surface area contributed by atoms with E-state index in [0.29, 0.717) is 10.7 Å². The van der Waals surface area contributed by atoms with E-state index in [2.05, 4.69) is 12.2 Å². The van der Waals surface area contributed by atoms with Gasteiger partial charge in [0.2, 0.25) is 0 Å². The standard InChI is InChI=1S/C16H17ClFNO/c1-3-15(11-4-7-13(20-2)8-5-11)19-16-9-6-12(17)10-14(16)18/h4-10,15,19H,3H2,1-2H3. The summed E-state index contributed by atoms with van der Waals surface area (Å²) in [7, 11) is 1.63. The van der Waals surface area contributed by atoms with Crippen LogP contribution in [0.3, 0.4) is 0 Å². The van der Waals surface area contributed by atoms with Gasteiger partial charge in [-0.25, -0.2) is 4.39 Å². The van der Waals surface area contributed by atoms with Crippen LogP contribution in [-0.2, 0) is 0 Å². The first kappa shape index (κ1) is 14.7. The van der Waals surface area contributed by atoms with Gasteiger partial charge in [0.1, 0.15) is 11.6 Å². The van der Waals surface area contributed by atoms with E-state index in [0.717, 1.165) is 17.7 Å². The van der Waals surface area contributed by atoms with Crippen LogP contribution in [0, 0.1) is 5.82 Å². The van der Waals surface area contributed by atoms with Gasteiger partial charge in [0.05, 0.1) is 18.8 Å².